The first kappa shape index (κ1) is 16.7. The van der Waals surface area contributed by atoms with Gasteiger partial charge in [-0.3, -0.25) is 4.98 Å². The van der Waals surface area contributed by atoms with Crippen LogP contribution in [0, 0.1) is 0 Å². The summed E-state index contributed by atoms with van der Waals surface area (Å²) in [6.07, 6.45) is -2.92. The second-order valence-corrected chi connectivity index (χ2v) is 5.29. The molecule has 0 aliphatic carbocycles. The molecule has 1 aromatic carbocycles. The van der Waals surface area contributed by atoms with E-state index in [-0.39, 0.29) is 12.4 Å². The minimum atomic E-state index is -4.42. The zero-order valence-corrected chi connectivity index (χ0v) is 13.2. The van der Waals surface area contributed by atoms with E-state index in [4.69, 9.17) is 10.5 Å². The zero-order valence-electron chi connectivity index (χ0n) is 13.2. The van der Waals surface area contributed by atoms with Gasteiger partial charge < -0.3 is 15.0 Å². The van der Waals surface area contributed by atoms with Gasteiger partial charge in [0.1, 0.15) is 18.1 Å². The Bertz CT molecular complexity index is 874. The maximum absolute atomic E-state index is 12.7. The Kier molecular flexibility index (Phi) is 4.30. The highest BCUT2D eigenvalue weighted by molar-refractivity contribution is 5.52. The van der Waals surface area contributed by atoms with Crippen molar-refractivity contribution in [3.05, 3.63) is 54.0 Å². The summed E-state index contributed by atoms with van der Waals surface area (Å²) < 4.78 is 45.2. The van der Waals surface area contributed by atoms with Crippen LogP contribution in [-0.4, -0.2) is 19.7 Å². The summed E-state index contributed by atoms with van der Waals surface area (Å²) in [6, 6.07) is 8.07. The molecule has 0 saturated carbocycles. The van der Waals surface area contributed by atoms with Crippen LogP contribution in [0.25, 0.3) is 11.5 Å². The maximum Gasteiger partial charge on any atom is 0.416 e. The van der Waals surface area contributed by atoms with Crippen LogP contribution < -0.4 is 10.5 Å². The molecule has 3 rings (SSSR count). The van der Waals surface area contributed by atoms with Gasteiger partial charge in [0.2, 0.25) is 0 Å². The summed E-state index contributed by atoms with van der Waals surface area (Å²) in [5.41, 5.74) is 5.93. The minimum Gasteiger partial charge on any atom is -0.486 e. The van der Waals surface area contributed by atoms with Crippen molar-refractivity contribution in [2.24, 2.45) is 7.05 Å². The number of aromatic nitrogens is 4. The van der Waals surface area contributed by atoms with Gasteiger partial charge in [0, 0.05) is 7.05 Å². The third kappa shape index (κ3) is 3.70. The van der Waals surface area contributed by atoms with Gasteiger partial charge in [-0.15, -0.1) is 10.2 Å². The number of pyridine rings is 1. The van der Waals surface area contributed by atoms with E-state index in [1.807, 2.05) is 0 Å². The normalized spacial score (nSPS) is 11.5. The second-order valence-electron chi connectivity index (χ2n) is 5.29. The third-order valence-corrected chi connectivity index (χ3v) is 3.51. The Balaban J connectivity index is 1.76. The minimum absolute atomic E-state index is 0.0280. The number of nitrogens with zero attached hydrogens (tertiary/aromatic N) is 4. The molecule has 0 amide bonds. The van der Waals surface area contributed by atoms with Crippen molar-refractivity contribution in [2.75, 3.05) is 5.73 Å². The number of ether oxygens (including phenoxy) is 1. The molecule has 0 aliphatic rings. The predicted molar refractivity (Wildman–Crippen MR) is 84.4 cm³/mol. The number of hydrogen-bond acceptors (Lipinski definition) is 5. The largest absolute Gasteiger partial charge is 0.486 e. The molecule has 2 heterocycles. The SMILES string of the molecule is Cn1c(COc2cccc(C(F)(F)F)c2)nnc1-c1ccc(N)cn1. The lowest BCUT2D eigenvalue weighted by atomic mass is 10.2. The molecule has 0 saturated heterocycles. The first-order chi connectivity index (χ1) is 11.8. The highest BCUT2D eigenvalue weighted by atomic mass is 19.4. The highest BCUT2D eigenvalue weighted by Crippen LogP contribution is 2.31. The van der Waals surface area contributed by atoms with E-state index in [1.54, 1.807) is 23.7 Å². The van der Waals surface area contributed by atoms with Crippen LogP contribution in [0.1, 0.15) is 11.4 Å². The molecular formula is C16H14F3N5O. The lowest BCUT2D eigenvalue weighted by Gasteiger charge is -2.10. The number of halogens is 3. The monoisotopic (exact) mass is 349 g/mol. The van der Waals surface area contributed by atoms with Gasteiger partial charge >= 0.3 is 6.18 Å². The molecule has 25 heavy (non-hydrogen) atoms. The molecule has 9 heteroatoms. The average molecular weight is 349 g/mol. The van der Waals surface area contributed by atoms with Crippen molar-refractivity contribution in [3.63, 3.8) is 0 Å². The van der Waals surface area contributed by atoms with Crippen LogP contribution in [0.4, 0.5) is 18.9 Å². The fourth-order valence-electron chi connectivity index (χ4n) is 2.16. The van der Waals surface area contributed by atoms with E-state index in [0.29, 0.717) is 23.0 Å². The smallest absolute Gasteiger partial charge is 0.416 e. The van der Waals surface area contributed by atoms with Crippen molar-refractivity contribution < 1.29 is 17.9 Å². The summed E-state index contributed by atoms with van der Waals surface area (Å²) in [4.78, 5) is 4.17. The van der Waals surface area contributed by atoms with Gasteiger partial charge in [0.25, 0.3) is 0 Å². The van der Waals surface area contributed by atoms with Crippen molar-refractivity contribution in [3.8, 4) is 17.3 Å². The van der Waals surface area contributed by atoms with E-state index < -0.39 is 11.7 Å². The summed E-state index contributed by atoms with van der Waals surface area (Å²) in [6.45, 7) is -0.0280. The number of anilines is 1. The lowest BCUT2D eigenvalue weighted by Crippen LogP contribution is -2.07. The first-order valence-electron chi connectivity index (χ1n) is 7.25. The van der Waals surface area contributed by atoms with Crippen LogP contribution in [0.2, 0.25) is 0 Å². The number of benzene rings is 1. The maximum atomic E-state index is 12.7. The van der Waals surface area contributed by atoms with Crippen molar-refractivity contribution in [2.45, 2.75) is 12.8 Å². The fourth-order valence-corrected chi connectivity index (χ4v) is 2.16. The third-order valence-electron chi connectivity index (χ3n) is 3.51. The quantitative estimate of drug-likeness (QED) is 0.783. The number of hydrogen-bond donors (Lipinski definition) is 1. The summed E-state index contributed by atoms with van der Waals surface area (Å²) >= 11 is 0. The lowest BCUT2D eigenvalue weighted by molar-refractivity contribution is -0.137. The molecule has 2 N–H and O–H groups in total. The van der Waals surface area contributed by atoms with Crippen molar-refractivity contribution in [1.82, 2.24) is 19.7 Å². The van der Waals surface area contributed by atoms with E-state index in [9.17, 15) is 13.2 Å². The number of rotatable bonds is 4. The topological polar surface area (TPSA) is 78.8 Å². The van der Waals surface area contributed by atoms with E-state index in [2.05, 4.69) is 15.2 Å². The van der Waals surface area contributed by atoms with Crippen molar-refractivity contribution in [1.29, 1.82) is 0 Å². The number of alkyl halides is 3. The van der Waals surface area contributed by atoms with Gasteiger partial charge in [-0.05, 0) is 30.3 Å². The molecular weight excluding hydrogens is 335 g/mol. The summed E-state index contributed by atoms with van der Waals surface area (Å²) in [5, 5.41) is 8.03. The molecule has 0 atom stereocenters. The van der Waals surface area contributed by atoms with Crippen LogP contribution in [0.15, 0.2) is 42.6 Å². The van der Waals surface area contributed by atoms with E-state index in [1.165, 1.54) is 18.3 Å². The van der Waals surface area contributed by atoms with Gasteiger partial charge in [0.05, 0.1) is 17.4 Å². The van der Waals surface area contributed by atoms with Crippen LogP contribution in [0.5, 0.6) is 5.75 Å². The Hall–Kier alpha value is -3.10. The first-order valence-corrected chi connectivity index (χ1v) is 7.25. The van der Waals surface area contributed by atoms with Gasteiger partial charge in [0.15, 0.2) is 11.6 Å². The van der Waals surface area contributed by atoms with Crippen LogP contribution in [-0.2, 0) is 19.8 Å². The van der Waals surface area contributed by atoms with Crippen LogP contribution in [0.3, 0.4) is 0 Å². The molecule has 6 nitrogen and oxygen atoms in total. The molecule has 0 aliphatic heterocycles. The molecule has 0 fully saturated rings. The van der Waals surface area contributed by atoms with Gasteiger partial charge in [-0.2, -0.15) is 13.2 Å². The molecule has 130 valence electrons. The van der Waals surface area contributed by atoms with E-state index in [0.717, 1.165) is 12.1 Å². The Morgan fingerprint density at radius 1 is 1.16 bits per heavy atom. The predicted octanol–water partition coefficient (Wildman–Crippen LogP) is 3.06. The van der Waals surface area contributed by atoms with Crippen LogP contribution >= 0.6 is 0 Å². The summed E-state index contributed by atoms with van der Waals surface area (Å²) in [5.74, 6) is 1.05. The number of nitrogen functional groups attached to an aromatic ring is 1. The molecule has 0 spiro atoms. The Labute approximate surface area is 141 Å². The zero-order chi connectivity index (χ0) is 18.0. The Morgan fingerprint density at radius 2 is 1.96 bits per heavy atom. The number of nitrogens with two attached hydrogens (primary N) is 1. The molecule has 0 radical (unpaired) electrons. The second kappa shape index (κ2) is 6.42. The van der Waals surface area contributed by atoms with E-state index >= 15 is 0 Å². The summed E-state index contributed by atoms with van der Waals surface area (Å²) in [7, 11) is 1.72. The molecule has 3 aromatic rings. The fraction of sp³-hybridized carbons (Fsp3) is 0.188. The average Bonchev–Trinajstić information content (AvgIpc) is 2.94. The molecule has 0 bridgehead atoms. The standard InChI is InChI=1S/C16H14F3N5O/c1-24-14(22-23-15(24)13-6-5-11(20)8-21-13)9-25-12-4-2-3-10(7-12)16(17,18)19/h2-8H,9,20H2,1H3. The van der Waals surface area contributed by atoms with Gasteiger partial charge in [-0.25, -0.2) is 0 Å². The van der Waals surface area contributed by atoms with Crippen molar-refractivity contribution >= 4 is 5.69 Å². The molecule has 2 aromatic heterocycles. The van der Waals surface area contributed by atoms with Gasteiger partial charge in [-0.1, -0.05) is 6.07 Å². The highest BCUT2D eigenvalue weighted by Gasteiger charge is 2.30. The molecule has 0 unspecified atom stereocenters. The Morgan fingerprint density at radius 3 is 2.64 bits per heavy atom.